The van der Waals surface area contributed by atoms with Crippen LogP contribution >= 0.6 is 11.6 Å². The third-order valence-electron chi connectivity index (χ3n) is 4.57. The zero-order chi connectivity index (χ0) is 19.6. The summed E-state index contributed by atoms with van der Waals surface area (Å²) < 4.78 is 23.9. The molecule has 9 heteroatoms. The van der Waals surface area contributed by atoms with Crippen LogP contribution in [0.5, 0.6) is 0 Å². The monoisotopic (exact) mass is 409 g/mol. The Balaban J connectivity index is 1.77. The lowest BCUT2D eigenvalue weighted by Gasteiger charge is -2.36. The molecular formula is C18H20ClN3O4S. The van der Waals surface area contributed by atoms with E-state index in [0.29, 0.717) is 36.9 Å². The molecule has 1 aliphatic rings. The highest BCUT2D eigenvalue weighted by Gasteiger charge is 2.30. The van der Waals surface area contributed by atoms with Crippen LogP contribution in [0.15, 0.2) is 47.4 Å². The molecule has 27 heavy (non-hydrogen) atoms. The molecule has 0 aliphatic carbocycles. The van der Waals surface area contributed by atoms with E-state index in [-0.39, 0.29) is 10.6 Å². The van der Waals surface area contributed by atoms with Crippen molar-refractivity contribution in [2.24, 2.45) is 0 Å². The zero-order valence-electron chi connectivity index (χ0n) is 14.8. The maximum absolute atomic E-state index is 11.9. The summed E-state index contributed by atoms with van der Waals surface area (Å²) in [5.74, 6) is 0. The lowest BCUT2D eigenvalue weighted by Crippen LogP contribution is -2.46. The summed E-state index contributed by atoms with van der Waals surface area (Å²) in [6.45, 7) is 3.34. The third-order valence-corrected chi connectivity index (χ3v) is 5.93. The Bertz CT molecular complexity index is 957. The number of nitrogens with zero attached hydrogens (tertiary/aromatic N) is 3. The topological polar surface area (TPSA) is 83.8 Å². The number of halogens is 1. The Labute approximate surface area is 163 Å². The summed E-state index contributed by atoms with van der Waals surface area (Å²) in [6.07, 6.45) is 0.988. The minimum absolute atomic E-state index is 0.244. The second-order valence-corrected chi connectivity index (χ2v) is 8.97. The van der Waals surface area contributed by atoms with Crippen LogP contribution in [0.2, 0.25) is 5.02 Å². The average Bonchev–Trinajstić information content (AvgIpc) is 2.61. The number of piperazine rings is 1. The molecule has 0 spiro atoms. The van der Waals surface area contributed by atoms with Gasteiger partial charge in [-0.2, -0.15) is 0 Å². The SMILES string of the molecule is CS(=O)(=O)c1cccc(N2CCN(Cc3cccc(Cl)c3)CC2)c1[N+](=O)[O-]. The largest absolute Gasteiger partial charge is 0.363 e. The average molecular weight is 410 g/mol. The van der Waals surface area contributed by atoms with Crippen LogP contribution in [0.1, 0.15) is 5.56 Å². The van der Waals surface area contributed by atoms with Crippen LogP contribution in [0.3, 0.4) is 0 Å². The Morgan fingerprint density at radius 1 is 1.11 bits per heavy atom. The lowest BCUT2D eigenvalue weighted by molar-refractivity contribution is -0.387. The molecule has 0 atom stereocenters. The third kappa shape index (κ3) is 4.58. The van der Waals surface area contributed by atoms with E-state index in [4.69, 9.17) is 11.6 Å². The van der Waals surface area contributed by atoms with Gasteiger partial charge in [0.15, 0.2) is 9.84 Å². The summed E-state index contributed by atoms with van der Waals surface area (Å²) in [7, 11) is -3.69. The second kappa shape index (κ2) is 7.84. The predicted molar refractivity (Wildman–Crippen MR) is 105 cm³/mol. The fourth-order valence-corrected chi connectivity index (χ4v) is 4.36. The van der Waals surface area contributed by atoms with Crippen LogP contribution in [-0.2, 0) is 16.4 Å². The quantitative estimate of drug-likeness (QED) is 0.557. The van der Waals surface area contributed by atoms with E-state index in [1.165, 1.54) is 6.07 Å². The van der Waals surface area contributed by atoms with Crippen molar-refractivity contribution in [3.05, 3.63) is 63.2 Å². The molecule has 2 aromatic carbocycles. The van der Waals surface area contributed by atoms with Gasteiger partial charge in [-0.3, -0.25) is 15.0 Å². The molecule has 0 unspecified atom stereocenters. The van der Waals surface area contributed by atoms with E-state index >= 15 is 0 Å². The van der Waals surface area contributed by atoms with Crippen LogP contribution in [0.4, 0.5) is 11.4 Å². The number of anilines is 1. The predicted octanol–water partition coefficient (Wildman–Crippen LogP) is 2.97. The second-order valence-electron chi connectivity index (χ2n) is 6.55. The minimum atomic E-state index is -3.69. The number of benzene rings is 2. The summed E-state index contributed by atoms with van der Waals surface area (Å²) in [5.41, 5.74) is 1.12. The Morgan fingerprint density at radius 3 is 2.37 bits per heavy atom. The highest BCUT2D eigenvalue weighted by molar-refractivity contribution is 7.90. The van der Waals surface area contributed by atoms with Crippen LogP contribution in [-0.4, -0.2) is 50.7 Å². The molecule has 0 saturated carbocycles. The first-order valence-electron chi connectivity index (χ1n) is 8.45. The van der Waals surface area contributed by atoms with E-state index in [1.54, 1.807) is 12.1 Å². The van der Waals surface area contributed by atoms with Gasteiger partial charge in [0, 0.05) is 44.0 Å². The van der Waals surface area contributed by atoms with Gasteiger partial charge in [-0.15, -0.1) is 0 Å². The normalized spacial score (nSPS) is 15.7. The van der Waals surface area contributed by atoms with E-state index in [0.717, 1.165) is 18.4 Å². The first kappa shape index (κ1) is 19.6. The molecule has 0 radical (unpaired) electrons. The molecule has 2 aromatic rings. The van der Waals surface area contributed by atoms with Gasteiger partial charge in [-0.1, -0.05) is 29.8 Å². The van der Waals surface area contributed by atoms with Crippen molar-refractivity contribution >= 4 is 32.8 Å². The van der Waals surface area contributed by atoms with E-state index in [9.17, 15) is 18.5 Å². The van der Waals surface area contributed by atoms with E-state index in [1.807, 2.05) is 29.2 Å². The molecular weight excluding hydrogens is 390 g/mol. The number of sulfone groups is 1. The molecule has 0 aromatic heterocycles. The van der Waals surface area contributed by atoms with Gasteiger partial charge >= 0.3 is 5.69 Å². The summed E-state index contributed by atoms with van der Waals surface area (Å²) in [5, 5.41) is 12.3. The number of hydrogen-bond acceptors (Lipinski definition) is 6. The maximum atomic E-state index is 11.9. The number of para-hydroxylation sites is 1. The van der Waals surface area contributed by atoms with Crippen LogP contribution < -0.4 is 4.90 Å². The van der Waals surface area contributed by atoms with Crippen molar-refractivity contribution in [3.63, 3.8) is 0 Å². The fourth-order valence-electron chi connectivity index (χ4n) is 3.29. The molecule has 144 valence electrons. The summed E-state index contributed by atoms with van der Waals surface area (Å²) in [6, 6.07) is 12.1. The van der Waals surface area contributed by atoms with Crippen molar-refractivity contribution in [2.75, 3.05) is 37.3 Å². The molecule has 1 heterocycles. The summed E-state index contributed by atoms with van der Waals surface area (Å²) >= 11 is 6.02. The number of nitro benzene ring substituents is 1. The van der Waals surface area contributed by atoms with Gasteiger partial charge < -0.3 is 4.90 Å². The molecule has 1 fully saturated rings. The highest BCUT2D eigenvalue weighted by atomic mass is 35.5. The van der Waals surface area contributed by atoms with Crippen molar-refractivity contribution < 1.29 is 13.3 Å². The Morgan fingerprint density at radius 2 is 1.78 bits per heavy atom. The Kier molecular flexibility index (Phi) is 5.69. The highest BCUT2D eigenvalue weighted by Crippen LogP contribution is 2.35. The molecule has 7 nitrogen and oxygen atoms in total. The molecule has 0 N–H and O–H groups in total. The zero-order valence-corrected chi connectivity index (χ0v) is 16.4. The van der Waals surface area contributed by atoms with Crippen LogP contribution in [0.25, 0.3) is 0 Å². The molecule has 1 saturated heterocycles. The van der Waals surface area contributed by atoms with Gasteiger partial charge in [0.25, 0.3) is 0 Å². The maximum Gasteiger partial charge on any atom is 0.311 e. The van der Waals surface area contributed by atoms with Crippen molar-refractivity contribution in [3.8, 4) is 0 Å². The Hall–Kier alpha value is -2.16. The minimum Gasteiger partial charge on any atom is -0.363 e. The first-order chi connectivity index (χ1) is 12.8. The van der Waals surface area contributed by atoms with Gasteiger partial charge in [-0.25, -0.2) is 8.42 Å². The molecule has 1 aliphatic heterocycles. The van der Waals surface area contributed by atoms with Gasteiger partial charge in [0.2, 0.25) is 0 Å². The number of rotatable bonds is 5. The lowest BCUT2D eigenvalue weighted by atomic mass is 10.1. The number of nitro groups is 1. The van der Waals surface area contributed by atoms with E-state index in [2.05, 4.69) is 4.90 Å². The first-order valence-corrected chi connectivity index (χ1v) is 10.7. The summed E-state index contributed by atoms with van der Waals surface area (Å²) in [4.78, 5) is 14.8. The van der Waals surface area contributed by atoms with E-state index < -0.39 is 14.8 Å². The van der Waals surface area contributed by atoms with Crippen molar-refractivity contribution in [2.45, 2.75) is 11.4 Å². The van der Waals surface area contributed by atoms with Gasteiger partial charge in [0.1, 0.15) is 10.6 Å². The van der Waals surface area contributed by atoms with Crippen LogP contribution in [0, 0.1) is 10.1 Å². The standard InChI is InChI=1S/C18H20ClN3O4S/c1-27(25,26)17-7-3-6-16(18(17)22(23)24)21-10-8-20(9-11-21)13-14-4-2-5-15(19)12-14/h2-7,12H,8-11,13H2,1H3. The van der Waals surface area contributed by atoms with Gasteiger partial charge in [-0.05, 0) is 29.8 Å². The molecule has 0 amide bonds. The van der Waals surface area contributed by atoms with Crippen molar-refractivity contribution in [1.82, 2.24) is 4.90 Å². The molecule has 0 bridgehead atoms. The molecule has 3 rings (SSSR count). The van der Waals surface area contributed by atoms with Gasteiger partial charge in [0.05, 0.1) is 4.92 Å². The van der Waals surface area contributed by atoms with Crippen molar-refractivity contribution in [1.29, 1.82) is 0 Å². The smallest absolute Gasteiger partial charge is 0.311 e. The number of hydrogen-bond donors (Lipinski definition) is 0. The fraction of sp³-hybridized carbons (Fsp3) is 0.333.